The first kappa shape index (κ1) is 21.5. The molecule has 0 aliphatic heterocycles. The van der Waals surface area contributed by atoms with Crippen molar-refractivity contribution in [2.45, 2.75) is 15.8 Å². The summed E-state index contributed by atoms with van der Waals surface area (Å²) in [7, 11) is 0. The molecular weight excluding hydrogens is 448 g/mol. The standard InChI is InChI=1S/C23H19ClN4OS2/c24-19-13-7-8-14-20(19)25-22(29)16-31-23-27-26-21(15-30-18-11-5-2-6-12-18)28(23)17-9-3-1-4-10-17/h1-14H,15-16H2,(H,25,29). The van der Waals surface area contributed by atoms with Gasteiger partial charge in [-0.3, -0.25) is 9.36 Å². The molecule has 5 nitrogen and oxygen atoms in total. The number of benzene rings is 3. The van der Waals surface area contributed by atoms with Crippen LogP contribution in [-0.4, -0.2) is 26.4 Å². The number of nitrogens with one attached hydrogen (secondary N) is 1. The largest absolute Gasteiger partial charge is 0.324 e. The van der Waals surface area contributed by atoms with Crippen molar-refractivity contribution >= 4 is 46.7 Å². The first-order valence-electron chi connectivity index (χ1n) is 9.55. The van der Waals surface area contributed by atoms with E-state index in [2.05, 4.69) is 27.6 Å². The van der Waals surface area contributed by atoms with Gasteiger partial charge in [0.1, 0.15) is 5.82 Å². The zero-order valence-electron chi connectivity index (χ0n) is 16.4. The summed E-state index contributed by atoms with van der Waals surface area (Å²) in [5.41, 5.74) is 1.56. The second-order valence-electron chi connectivity index (χ2n) is 6.49. The molecule has 1 heterocycles. The second-order valence-corrected chi connectivity index (χ2v) is 8.89. The van der Waals surface area contributed by atoms with E-state index in [1.165, 1.54) is 16.7 Å². The van der Waals surface area contributed by atoms with Gasteiger partial charge in [-0.15, -0.1) is 22.0 Å². The highest BCUT2D eigenvalue weighted by molar-refractivity contribution is 7.99. The fourth-order valence-electron chi connectivity index (χ4n) is 2.87. The van der Waals surface area contributed by atoms with Crippen LogP contribution in [0.5, 0.6) is 0 Å². The molecule has 0 spiro atoms. The highest BCUT2D eigenvalue weighted by Crippen LogP contribution is 2.27. The lowest BCUT2D eigenvalue weighted by Gasteiger charge is -2.10. The summed E-state index contributed by atoms with van der Waals surface area (Å²) in [4.78, 5) is 13.6. The maximum atomic E-state index is 12.5. The zero-order chi connectivity index (χ0) is 21.5. The van der Waals surface area contributed by atoms with Crippen molar-refractivity contribution in [2.24, 2.45) is 0 Å². The third kappa shape index (κ3) is 5.70. The SMILES string of the molecule is O=C(CSc1nnc(CSc2ccccc2)n1-c1ccccc1)Nc1ccccc1Cl. The van der Waals surface area contributed by atoms with Crippen LogP contribution < -0.4 is 5.32 Å². The van der Waals surface area contributed by atoms with E-state index in [1.807, 2.05) is 65.2 Å². The molecule has 0 bridgehead atoms. The van der Waals surface area contributed by atoms with Crippen molar-refractivity contribution in [3.05, 3.63) is 95.8 Å². The number of rotatable bonds is 8. The van der Waals surface area contributed by atoms with Crippen molar-refractivity contribution in [1.82, 2.24) is 14.8 Å². The first-order valence-corrected chi connectivity index (χ1v) is 11.9. The van der Waals surface area contributed by atoms with Gasteiger partial charge in [0.2, 0.25) is 5.91 Å². The van der Waals surface area contributed by atoms with Crippen LogP contribution in [-0.2, 0) is 10.5 Å². The van der Waals surface area contributed by atoms with Crippen LogP contribution in [0.4, 0.5) is 5.69 Å². The Balaban J connectivity index is 1.49. The Kier molecular flexibility index (Phi) is 7.30. The average Bonchev–Trinajstić information content (AvgIpc) is 3.22. The molecule has 0 saturated heterocycles. The summed E-state index contributed by atoms with van der Waals surface area (Å²) in [6.45, 7) is 0. The summed E-state index contributed by atoms with van der Waals surface area (Å²) < 4.78 is 2.00. The number of halogens is 1. The number of nitrogens with zero attached hydrogens (tertiary/aromatic N) is 3. The van der Waals surface area contributed by atoms with E-state index in [-0.39, 0.29) is 11.7 Å². The highest BCUT2D eigenvalue weighted by Gasteiger charge is 2.16. The molecule has 0 atom stereocenters. The van der Waals surface area contributed by atoms with Gasteiger partial charge in [0.15, 0.2) is 5.16 Å². The monoisotopic (exact) mass is 466 g/mol. The summed E-state index contributed by atoms with van der Waals surface area (Å²) in [6.07, 6.45) is 0. The predicted octanol–water partition coefficient (Wildman–Crippen LogP) is 5.94. The maximum Gasteiger partial charge on any atom is 0.234 e. The zero-order valence-corrected chi connectivity index (χ0v) is 18.8. The van der Waals surface area contributed by atoms with Gasteiger partial charge in [0, 0.05) is 10.6 Å². The Labute approximate surface area is 194 Å². The molecule has 156 valence electrons. The third-order valence-electron chi connectivity index (χ3n) is 4.31. The molecule has 0 aliphatic rings. The average molecular weight is 467 g/mol. The van der Waals surface area contributed by atoms with Crippen molar-refractivity contribution in [2.75, 3.05) is 11.1 Å². The van der Waals surface area contributed by atoms with E-state index in [4.69, 9.17) is 11.6 Å². The molecule has 8 heteroatoms. The number of carbonyl (C=O) groups excluding carboxylic acids is 1. The van der Waals surface area contributed by atoms with Crippen LogP contribution in [0.25, 0.3) is 5.69 Å². The number of hydrogen-bond donors (Lipinski definition) is 1. The minimum absolute atomic E-state index is 0.152. The molecule has 1 N–H and O–H groups in total. The number of para-hydroxylation sites is 2. The topological polar surface area (TPSA) is 59.8 Å². The number of anilines is 1. The first-order chi connectivity index (χ1) is 15.2. The Hall–Kier alpha value is -2.74. The van der Waals surface area contributed by atoms with E-state index in [9.17, 15) is 4.79 Å². The van der Waals surface area contributed by atoms with E-state index in [1.54, 1.807) is 23.9 Å². The van der Waals surface area contributed by atoms with E-state index >= 15 is 0 Å². The van der Waals surface area contributed by atoms with E-state index < -0.39 is 0 Å². The lowest BCUT2D eigenvalue weighted by molar-refractivity contribution is -0.113. The number of amides is 1. The second kappa shape index (κ2) is 10.5. The molecule has 4 rings (SSSR count). The van der Waals surface area contributed by atoms with Gasteiger partial charge >= 0.3 is 0 Å². The molecule has 0 unspecified atom stereocenters. The van der Waals surface area contributed by atoms with Crippen LogP contribution >= 0.6 is 35.1 Å². The molecule has 0 saturated carbocycles. The Morgan fingerprint density at radius 1 is 0.871 bits per heavy atom. The molecular formula is C23H19ClN4OS2. The Morgan fingerprint density at radius 2 is 1.55 bits per heavy atom. The van der Waals surface area contributed by atoms with Crippen LogP contribution in [0.3, 0.4) is 0 Å². The molecule has 1 amide bonds. The van der Waals surface area contributed by atoms with Gasteiger partial charge in [-0.05, 0) is 36.4 Å². The van der Waals surface area contributed by atoms with Crippen molar-refractivity contribution in [3.63, 3.8) is 0 Å². The number of hydrogen-bond acceptors (Lipinski definition) is 5. The molecule has 31 heavy (non-hydrogen) atoms. The Bertz CT molecular complexity index is 1150. The normalized spacial score (nSPS) is 10.7. The molecule has 1 aromatic heterocycles. The molecule has 0 radical (unpaired) electrons. The van der Waals surface area contributed by atoms with Gasteiger partial charge in [-0.1, -0.05) is 71.9 Å². The third-order valence-corrected chi connectivity index (χ3v) is 6.57. The van der Waals surface area contributed by atoms with Gasteiger partial charge in [0.25, 0.3) is 0 Å². The molecule has 0 fully saturated rings. The van der Waals surface area contributed by atoms with Crippen LogP contribution in [0, 0.1) is 0 Å². The van der Waals surface area contributed by atoms with E-state index in [0.29, 0.717) is 21.6 Å². The van der Waals surface area contributed by atoms with Crippen LogP contribution in [0.1, 0.15) is 5.82 Å². The Morgan fingerprint density at radius 3 is 2.29 bits per heavy atom. The maximum absolute atomic E-state index is 12.5. The van der Waals surface area contributed by atoms with Crippen molar-refractivity contribution in [1.29, 1.82) is 0 Å². The fraction of sp³-hybridized carbons (Fsp3) is 0.0870. The summed E-state index contributed by atoms with van der Waals surface area (Å²) >= 11 is 9.17. The quantitative estimate of drug-likeness (QED) is 0.325. The lowest BCUT2D eigenvalue weighted by atomic mass is 10.3. The minimum atomic E-state index is -0.152. The number of carbonyl (C=O) groups is 1. The van der Waals surface area contributed by atoms with Gasteiger partial charge in [0.05, 0.1) is 22.2 Å². The number of aromatic nitrogens is 3. The molecule has 0 aliphatic carbocycles. The highest BCUT2D eigenvalue weighted by atomic mass is 35.5. The number of thioether (sulfide) groups is 2. The van der Waals surface area contributed by atoms with Crippen molar-refractivity contribution in [3.8, 4) is 5.69 Å². The van der Waals surface area contributed by atoms with Crippen molar-refractivity contribution < 1.29 is 4.79 Å². The van der Waals surface area contributed by atoms with Crippen LogP contribution in [0.2, 0.25) is 5.02 Å². The molecule has 3 aromatic carbocycles. The van der Waals surface area contributed by atoms with Crippen LogP contribution in [0.15, 0.2) is 95.0 Å². The predicted molar refractivity (Wildman–Crippen MR) is 128 cm³/mol. The van der Waals surface area contributed by atoms with E-state index in [0.717, 1.165) is 11.5 Å². The van der Waals surface area contributed by atoms with Gasteiger partial charge in [-0.25, -0.2) is 0 Å². The lowest BCUT2D eigenvalue weighted by Crippen LogP contribution is -2.15. The summed E-state index contributed by atoms with van der Waals surface area (Å²) in [6, 6.07) is 27.3. The minimum Gasteiger partial charge on any atom is -0.324 e. The smallest absolute Gasteiger partial charge is 0.234 e. The van der Waals surface area contributed by atoms with Gasteiger partial charge < -0.3 is 5.32 Å². The fourth-order valence-corrected chi connectivity index (χ4v) is 4.65. The van der Waals surface area contributed by atoms with Gasteiger partial charge in [-0.2, -0.15) is 0 Å². The summed E-state index contributed by atoms with van der Waals surface area (Å²) in [5.74, 6) is 1.54. The molecule has 4 aromatic rings. The summed E-state index contributed by atoms with van der Waals surface area (Å²) in [5, 5.41) is 12.8.